The van der Waals surface area contributed by atoms with E-state index in [9.17, 15) is 9.59 Å². The van der Waals surface area contributed by atoms with E-state index in [0.717, 1.165) is 5.69 Å². The lowest BCUT2D eigenvalue weighted by Gasteiger charge is -2.13. The highest BCUT2D eigenvalue weighted by molar-refractivity contribution is 6.06. The minimum absolute atomic E-state index is 0.0694. The van der Waals surface area contributed by atoms with Crippen molar-refractivity contribution in [2.45, 2.75) is 13.3 Å². The van der Waals surface area contributed by atoms with E-state index >= 15 is 0 Å². The van der Waals surface area contributed by atoms with Gasteiger partial charge in [0.2, 0.25) is 5.91 Å². The van der Waals surface area contributed by atoms with Crippen molar-refractivity contribution < 1.29 is 9.59 Å². The van der Waals surface area contributed by atoms with E-state index in [2.05, 4.69) is 15.8 Å². The van der Waals surface area contributed by atoms with Gasteiger partial charge in [0.25, 0.3) is 5.91 Å². The normalized spacial score (nSPS) is 11.0. The Labute approximate surface area is 152 Å². The first-order valence-electron chi connectivity index (χ1n) is 8.12. The Morgan fingerprint density at radius 3 is 2.35 bits per heavy atom. The zero-order chi connectivity index (χ0) is 19.1. The van der Waals surface area contributed by atoms with Crippen molar-refractivity contribution in [3.05, 3.63) is 54.1 Å². The lowest BCUT2D eigenvalue weighted by molar-refractivity contribution is -0.115. The highest BCUT2D eigenvalue weighted by atomic mass is 16.2. The number of hydrogen-bond donors (Lipinski definition) is 3. The number of benzene rings is 2. The number of carbonyl (C=O) groups is 2. The van der Waals surface area contributed by atoms with Crippen LogP contribution < -0.4 is 21.4 Å². The molecule has 136 valence electrons. The standard InChI is InChI=1S/C19H23N5O2/c1-13(22-23-19(26)16-6-4-5-7-17(16)20)12-18(25)21-14-8-10-15(11-9-14)24(2)3/h4-11H,12,20H2,1-3H3,(H,21,25)(H,23,26)/b22-13+. The van der Waals surface area contributed by atoms with Crippen LogP contribution >= 0.6 is 0 Å². The fourth-order valence-corrected chi connectivity index (χ4v) is 2.23. The molecular formula is C19H23N5O2. The minimum atomic E-state index is -0.415. The smallest absolute Gasteiger partial charge is 0.273 e. The lowest BCUT2D eigenvalue weighted by atomic mass is 10.2. The van der Waals surface area contributed by atoms with Gasteiger partial charge in [0.05, 0.1) is 12.0 Å². The third-order valence-corrected chi connectivity index (χ3v) is 3.64. The van der Waals surface area contributed by atoms with Gasteiger partial charge in [-0.2, -0.15) is 5.10 Å². The van der Waals surface area contributed by atoms with Gasteiger partial charge in [-0.15, -0.1) is 0 Å². The number of nitrogen functional groups attached to an aromatic ring is 1. The molecule has 0 heterocycles. The highest BCUT2D eigenvalue weighted by Gasteiger charge is 2.09. The van der Waals surface area contributed by atoms with Gasteiger partial charge >= 0.3 is 0 Å². The maximum atomic E-state index is 12.1. The van der Waals surface area contributed by atoms with Crippen LogP contribution in [0.15, 0.2) is 53.6 Å². The topological polar surface area (TPSA) is 99.8 Å². The van der Waals surface area contributed by atoms with Crippen molar-refractivity contribution in [1.82, 2.24) is 5.43 Å². The fraction of sp³-hybridized carbons (Fsp3) is 0.211. The quantitative estimate of drug-likeness (QED) is 0.422. The second-order valence-electron chi connectivity index (χ2n) is 6.04. The molecule has 0 atom stereocenters. The Bertz CT molecular complexity index is 813. The molecule has 7 heteroatoms. The number of hydrazone groups is 1. The molecule has 0 aliphatic carbocycles. The molecule has 0 radical (unpaired) electrons. The van der Waals surface area contributed by atoms with Gasteiger partial charge in [0.15, 0.2) is 0 Å². The number of nitrogens with zero attached hydrogens (tertiary/aromatic N) is 2. The molecule has 4 N–H and O–H groups in total. The Morgan fingerprint density at radius 1 is 1.08 bits per heavy atom. The molecule has 0 aliphatic heterocycles. The van der Waals surface area contributed by atoms with E-state index in [-0.39, 0.29) is 12.3 Å². The lowest BCUT2D eigenvalue weighted by Crippen LogP contribution is -2.22. The number of para-hydroxylation sites is 1. The maximum Gasteiger partial charge on any atom is 0.273 e. The molecule has 0 aliphatic rings. The van der Waals surface area contributed by atoms with Crippen LogP contribution in [-0.4, -0.2) is 31.6 Å². The maximum absolute atomic E-state index is 12.1. The second-order valence-corrected chi connectivity index (χ2v) is 6.04. The van der Waals surface area contributed by atoms with E-state index in [1.807, 2.05) is 43.3 Å². The van der Waals surface area contributed by atoms with Crippen LogP contribution in [0.2, 0.25) is 0 Å². The van der Waals surface area contributed by atoms with E-state index in [1.165, 1.54) is 0 Å². The Morgan fingerprint density at radius 2 is 1.73 bits per heavy atom. The van der Waals surface area contributed by atoms with Crippen LogP contribution in [-0.2, 0) is 4.79 Å². The highest BCUT2D eigenvalue weighted by Crippen LogP contribution is 2.15. The molecule has 26 heavy (non-hydrogen) atoms. The van der Waals surface area contributed by atoms with Crippen LogP contribution in [0.1, 0.15) is 23.7 Å². The van der Waals surface area contributed by atoms with Gasteiger partial charge in [-0.05, 0) is 43.3 Å². The van der Waals surface area contributed by atoms with Crippen LogP contribution in [0.4, 0.5) is 17.1 Å². The zero-order valence-corrected chi connectivity index (χ0v) is 15.1. The Balaban J connectivity index is 1.89. The minimum Gasteiger partial charge on any atom is -0.398 e. The number of anilines is 3. The number of rotatable bonds is 6. The van der Waals surface area contributed by atoms with Crippen molar-refractivity contribution in [3.63, 3.8) is 0 Å². The zero-order valence-electron chi connectivity index (χ0n) is 15.1. The predicted octanol–water partition coefficient (Wildman–Crippen LogP) is 2.47. The molecule has 0 fully saturated rings. The Hall–Kier alpha value is -3.35. The molecule has 2 aromatic rings. The van der Waals surface area contributed by atoms with Crippen LogP contribution in [0.5, 0.6) is 0 Å². The molecule has 7 nitrogen and oxygen atoms in total. The molecule has 0 saturated carbocycles. The van der Waals surface area contributed by atoms with Gasteiger partial charge in [0.1, 0.15) is 0 Å². The van der Waals surface area contributed by atoms with Gasteiger partial charge in [-0.25, -0.2) is 5.43 Å². The summed E-state index contributed by atoms with van der Waals surface area (Å²) in [6.07, 6.45) is 0.0694. The molecule has 2 amide bonds. The van der Waals surface area contributed by atoms with E-state index in [0.29, 0.717) is 22.6 Å². The van der Waals surface area contributed by atoms with Crippen molar-refractivity contribution in [2.24, 2.45) is 5.10 Å². The first-order chi connectivity index (χ1) is 12.4. The Kier molecular flexibility index (Phi) is 6.32. The molecule has 0 unspecified atom stereocenters. The van der Waals surface area contributed by atoms with Gasteiger partial charge in [-0.1, -0.05) is 12.1 Å². The largest absolute Gasteiger partial charge is 0.398 e. The number of carbonyl (C=O) groups excluding carboxylic acids is 2. The van der Waals surface area contributed by atoms with Crippen LogP contribution in [0.3, 0.4) is 0 Å². The van der Waals surface area contributed by atoms with Crippen molar-refractivity contribution in [2.75, 3.05) is 30.0 Å². The van der Waals surface area contributed by atoms with E-state index < -0.39 is 5.91 Å². The number of hydrogen-bond acceptors (Lipinski definition) is 5. The summed E-state index contributed by atoms with van der Waals surface area (Å²) in [5.41, 5.74) is 11.1. The molecule has 0 spiro atoms. The first kappa shape index (κ1) is 19.0. The second kappa shape index (κ2) is 8.66. The van der Waals surface area contributed by atoms with Crippen molar-refractivity contribution >= 4 is 34.6 Å². The van der Waals surface area contributed by atoms with E-state index in [1.54, 1.807) is 31.2 Å². The van der Waals surface area contributed by atoms with Crippen LogP contribution in [0, 0.1) is 0 Å². The van der Waals surface area contributed by atoms with Crippen molar-refractivity contribution in [3.8, 4) is 0 Å². The predicted molar refractivity (Wildman–Crippen MR) is 105 cm³/mol. The van der Waals surface area contributed by atoms with Gasteiger partial charge in [-0.3, -0.25) is 9.59 Å². The summed E-state index contributed by atoms with van der Waals surface area (Å²) in [5, 5.41) is 6.75. The molecule has 2 aromatic carbocycles. The monoisotopic (exact) mass is 353 g/mol. The van der Waals surface area contributed by atoms with Crippen LogP contribution in [0.25, 0.3) is 0 Å². The van der Waals surface area contributed by atoms with Gasteiger partial charge < -0.3 is 16.0 Å². The summed E-state index contributed by atoms with van der Waals surface area (Å²) in [5.74, 6) is -0.626. The molecule has 0 saturated heterocycles. The third kappa shape index (κ3) is 5.34. The summed E-state index contributed by atoms with van der Waals surface area (Å²) < 4.78 is 0. The van der Waals surface area contributed by atoms with Gasteiger partial charge in [0, 0.05) is 36.9 Å². The summed E-state index contributed by atoms with van der Waals surface area (Å²) >= 11 is 0. The number of nitrogens with one attached hydrogen (secondary N) is 2. The number of amides is 2. The van der Waals surface area contributed by atoms with Crippen molar-refractivity contribution in [1.29, 1.82) is 0 Å². The fourth-order valence-electron chi connectivity index (χ4n) is 2.23. The SMILES string of the molecule is C/C(CC(=O)Nc1ccc(N(C)C)cc1)=N\NC(=O)c1ccccc1N. The summed E-state index contributed by atoms with van der Waals surface area (Å²) in [7, 11) is 3.90. The summed E-state index contributed by atoms with van der Waals surface area (Å²) in [6, 6.07) is 14.2. The average Bonchev–Trinajstić information content (AvgIpc) is 2.60. The summed E-state index contributed by atoms with van der Waals surface area (Å²) in [4.78, 5) is 26.1. The number of nitrogens with two attached hydrogens (primary N) is 1. The first-order valence-corrected chi connectivity index (χ1v) is 8.12. The molecule has 0 bridgehead atoms. The molecule has 2 rings (SSSR count). The average molecular weight is 353 g/mol. The molecule has 0 aromatic heterocycles. The molecular weight excluding hydrogens is 330 g/mol. The summed E-state index contributed by atoms with van der Waals surface area (Å²) in [6.45, 7) is 1.67. The third-order valence-electron chi connectivity index (χ3n) is 3.64. The van der Waals surface area contributed by atoms with E-state index in [4.69, 9.17) is 5.73 Å².